The van der Waals surface area contributed by atoms with Gasteiger partial charge in [0.05, 0.1) is 0 Å². The Morgan fingerprint density at radius 2 is 2.12 bits per heavy atom. The minimum atomic E-state index is -0.127. The first kappa shape index (κ1) is 11.9. The molecule has 1 atom stereocenters. The van der Waals surface area contributed by atoms with Crippen LogP contribution < -0.4 is 10.5 Å². The predicted octanol–water partition coefficient (Wildman–Crippen LogP) is 3.55. The molecule has 0 aliphatic heterocycles. The van der Waals surface area contributed by atoms with Gasteiger partial charge in [0.25, 0.3) is 0 Å². The molecule has 0 saturated heterocycles. The van der Waals surface area contributed by atoms with E-state index in [4.69, 9.17) is 22.1 Å². The van der Waals surface area contributed by atoms with Crippen LogP contribution >= 0.6 is 11.6 Å². The van der Waals surface area contributed by atoms with Gasteiger partial charge in [0.2, 0.25) is 5.88 Å². The normalized spacial score (nSPS) is 12.2. The van der Waals surface area contributed by atoms with E-state index in [1.165, 1.54) is 0 Å². The first-order chi connectivity index (χ1) is 8.16. The monoisotopic (exact) mass is 248 g/mol. The largest absolute Gasteiger partial charge is 0.439 e. The van der Waals surface area contributed by atoms with Gasteiger partial charge in [0.15, 0.2) is 0 Å². The van der Waals surface area contributed by atoms with E-state index >= 15 is 0 Å². The quantitative estimate of drug-likeness (QED) is 0.904. The summed E-state index contributed by atoms with van der Waals surface area (Å²) >= 11 is 5.89. The zero-order valence-electron chi connectivity index (χ0n) is 9.43. The topological polar surface area (TPSA) is 48.1 Å². The highest BCUT2D eigenvalue weighted by Crippen LogP contribution is 2.27. The highest BCUT2D eigenvalue weighted by atomic mass is 35.5. The summed E-state index contributed by atoms with van der Waals surface area (Å²) in [7, 11) is 0. The summed E-state index contributed by atoms with van der Waals surface area (Å²) in [5, 5.41) is 0.626. The van der Waals surface area contributed by atoms with Crippen molar-refractivity contribution in [2.45, 2.75) is 13.0 Å². The molecule has 1 unspecified atom stereocenters. The van der Waals surface area contributed by atoms with Gasteiger partial charge < -0.3 is 10.5 Å². The summed E-state index contributed by atoms with van der Waals surface area (Å²) < 4.78 is 5.68. The van der Waals surface area contributed by atoms with Gasteiger partial charge in [0, 0.05) is 22.8 Å². The third-order valence-corrected chi connectivity index (χ3v) is 2.54. The van der Waals surface area contributed by atoms with Crippen LogP contribution in [0.5, 0.6) is 11.6 Å². The summed E-state index contributed by atoms with van der Waals surface area (Å²) in [6, 6.07) is 10.8. The molecular formula is C13H13ClN2O. The number of halogens is 1. The van der Waals surface area contributed by atoms with E-state index in [2.05, 4.69) is 4.98 Å². The Labute approximate surface area is 105 Å². The van der Waals surface area contributed by atoms with Gasteiger partial charge in [-0.3, -0.25) is 0 Å². The van der Waals surface area contributed by atoms with Crippen molar-refractivity contribution in [1.82, 2.24) is 4.98 Å². The standard InChI is InChI=1S/C13H13ClN2O/c1-9(15)12-6-3-7-16-13(12)17-11-5-2-4-10(14)8-11/h2-9H,15H2,1H3. The van der Waals surface area contributed by atoms with Crippen LogP contribution in [-0.4, -0.2) is 4.98 Å². The molecule has 2 aromatic rings. The Hall–Kier alpha value is -1.58. The lowest BCUT2D eigenvalue weighted by atomic mass is 10.1. The molecule has 0 bridgehead atoms. The Morgan fingerprint density at radius 1 is 1.29 bits per heavy atom. The van der Waals surface area contributed by atoms with Crippen LogP contribution in [0.2, 0.25) is 5.02 Å². The Bertz CT molecular complexity index is 514. The molecule has 0 aliphatic carbocycles. The molecule has 2 N–H and O–H groups in total. The molecule has 0 saturated carbocycles. The fourth-order valence-electron chi connectivity index (χ4n) is 1.48. The van der Waals surface area contributed by atoms with Crippen molar-refractivity contribution < 1.29 is 4.74 Å². The molecule has 1 aromatic carbocycles. The van der Waals surface area contributed by atoms with Crippen LogP contribution in [0.15, 0.2) is 42.6 Å². The molecule has 0 spiro atoms. The highest BCUT2D eigenvalue weighted by molar-refractivity contribution is 6.30. The molecule has 1 aromatic heterocycles. The van der Waals surface area contributed by atoms with Crippen molar-refractivity contribution in [3.63, 3.8) is 0 Å². The number of aromatic nitrogens is 1. The van der Waals surface area contributed by atoms with Gasteiger partial charge in [-0.15, -0.1) is 0 Å². The van der Waals surface area contributed by atoms with Crippen molar-refractivity contribution >= 4 is 11.6 Å². The van der Waals surface area contributed by atoms with Gasteiger partial charge in [-0.2, -0.15) is 0 Å². The smallest absolute Gasteiger partial charge is 0.223 e. The van der Waals surface area contributed by atoms with Crippen LogP contribution in [-0.2, 0) is 0 Å². The number of ether oxygens (including phenoxy) is 1. The minimum absolute atomic E-state index is 0.127. The van der Waals surface area contributed by atoms with E-state index in [9.17, 15) is 0 Å². The van der Waals surface area contributed by atoms with E-state index in [0.29, 0.717) is 16.7 Å². The third kappa shape index (κ3) is 2.96. The summed E-state index contributed by atoms with van der Waals surface area (Å²) in [4.78, 5) is 4.18. The summed E-state index contributed by atoms with van der Waals surface area (Å²) in [6.07, 6.45) is 1.67. The lowest BCUT2D eigenvalue weighted by Crippen LogP contribution is -2.07. The number of nitrogens with zero attached hydrogens (tertiary/aromatic N) is 1. The molecule has 88 valence electrons. The maximum atomic E-state index is 5.89. The second kappa shape index (κ2) is 5.17. The minimum Gasteiger partial charge on any atom is -0.439 e. The number of hydrogen-bond acceptors (Lipinski definition) is 3. The van der Waals surface area contributed by atoms with Crippen LogP contribution in [0.4, 0.5) is 0 Å². The van der Waals surface area contributed by atoms with E-state index in [0.717, 1.165) is 5.56 Å². The fraction of sp³-hybridized carbons (Fsp3) is 0.154. The molecule has 3 nitrogen and oxygen atoms in total. The molecule has 2 rings (SSSR count). The van der Waals surface area contributed by atoms with Crippen LogP contribution in [0.3, 0.4) is 0 Å². The fourth-order valence-corrected chi connectivity index (χ4v) is 1.66. The highest BCUT2D eigenvalue weighted by Gasteiger charge is 2.09. The number of nitrogens with two attached hydrogens (primary N) is 1. The van der Waals surface area contributed by atoms with Crippen LogP contribution in [0.1, 0.15) is 18.5 Å². The van der Waals surface area contributed by atoms with Crippen LogP contribution in [0.25, 0.3) is 0 Å². The van der Waals surface area contributed by atoms with E-state index in [1.54, 1.807) is 18.3 Å². The second-order valence-corrected chi connectivity index (χ2v) is 4.18. The SMILES string of the molecule is CC(N)c1cccnc1Oc1cccc(Cl)c1. The van der Waals surface area contributed by atoms with Crippen molar-refractivity contribution in [1.29, 1.82) is 0 Å². The van der Waals surface area contributed by atoms with Gasteiger partial charge in [-0.1, -0.05) is 23.7 Å². The van der Waals surface area contributed by atoms with Gasteiger partial charge in [0.1, 0.15) is 5.75 Å². The van der Waals surface area contributed by atoms with Gasteiger partial charge in [-0.05, 0) is 31.2 Å². The molecule has 0 aliphatic rings. The Kier molecular flexibility index (Phi) is 3.61. The predicted molar refractivity (Wildman–Crippen MR) is 68.4 cm³/mol. The third-order valence-electron chi connectivity index (χ3n) is 2.30. The molecule has 1 heterocycles. The lowest BCUT2D eigenvalue weighted by molar-refractivity contribution is 0.452. The van der Waals surface area contributed by atoms with Crippen molar-refractivity contribution in [2.75, 3.05) is 0 Å². The summed E-state index contributed by atoms with van der Waals surface area (Å²) in [5.74, 6) is 1.17. The van der Waals surface area contributed by atoms with Crippen molar-refractivity contribution in [3.8, 4) is 11.6 Å². The number of benzene rings is 1. The average molecular weight is 249 g/mol. The number of rotatable bonds is 3. The zero-order valence-corrected chi connectivity index (χ0v) is 10.2. The molecule has 0 fully saturated rings. The summed E-state index contributed by atoms with van der Waals surface area (Å²) in [5.41, 5.74) is 6.72. The van der Waals surface area contributed by atoms with E-state index in [1.807, 2.05) is 31.2 Å². The Morgan fingerprint density at radius 3 is 2.82 bits per heavy atom. The van der Waals surface area contributed by atoms with E-state index < -0.39 is 0 Å². The maximum absolute atomic E-state index is 5.89. The number of pyridine rings is 1. The van der Waals surface area contributed by atoms with Crippen molar-refractivity contribution in [2.24, 2.45) is 5.73 Å². The molecule has 0 amide bonds. The first-order valence-electron chi connectivity index (χ1n) is 5.31. The van der Waals surface area contributed by atoms with Crippen molar-refractivity contribution in [3.05, 3.63) is 53.2 Å². The lowest BCUT2D eigenvalue weighted by Gasteiger charge is -2.12. The van der Waals surface area contributed by atoms with E-state index in [-0.39, 0.29) is 6.04 Å². The zero-order chi connectivity index (χ0) is 12.3. The Balaban J connectivity index is 2.30. The second-order valence-electron chi connectivity index (χ2n) is 3.75. The van der Waals surface area contributed by atoms with Gasteiger partial charge in [-0.25, -0.2) is 4.98 Å². The molecular weight excluding hydrogens is 236 g/mol. The maximum Gasteiger partial charge on any atom is 0.223 e. The average Bonchev–Trinajstić information content (AvgIpc) is 2.29. The number of hydrogen-bond donors (Lipinski definition) is 1. The molecule has 4 heteroatoms. The molecule has 17 heavy (non-hydrogen) atoms. The molecule has 0 radical (unpaired) electrons. The van der Waals surface area contributed by atoms with Crippen LogP contribution in [0, 0.1) is 0 Å². The van der Waals surface area contributed by atoms with Gasteiger partial charge >= 0.3 is 0 Å². The summed E-state index contributed by atoms with van der Waals surface area (Å²) in [6.45, 7) is 1.89. The first-order valence-corrected chi connectivity index (χ1v) is 5.68.